The summed E-state index contributed by atoms with van der Waals surface area (Å²) in [6.45, 7) is 0. The zero-order valence-corrected chi connectivity index (χ0v) is 34.5. The first-order chi connectivity index (χ1) is 31.3. The Kier molecular flexibility index (Phi) is 8.76. The van der Waals surface area contributed by atoms with E-state index >= 15 is 0 Å². The first-order valence-corrected chi connectivity index (χ1v) is 21.7. The van der Waals surface area contributed by atoms with Gasteiger partial charge in [-0.1, -0.05) is 231 Å². The average Bonchev–Trinajstić information content (AvgIpc) is 3.68. The third-order valence-corrected chi connectivity index (χ3v) is 13.0. The Bertz CT molecular complexity index is 3450. The van der Waals surface area contributed by atoms with Gasteiger partial charge in [0.1, 0.15) is 0 Å². The van der Waals surface area contributed by atoms with Crippen LogP contribution in [0.2, 0.25) is 0 Å². The van der Waals surface area contributed by atoms with E-state index in [1.165, 1.54) is 60.7 Å². The second kappa shape index (κ2) is 15.1. The molecule has 1 heterocycles. The van der Waals surface area contributed by atoms with Crippen LogP contribution < -0.4 is 0 Å². The van der Waals surface area contributed by atoms with Crippen molar-refractivity contribution in [2.24, 2.45) is 0 Å². The molecular formula is C61H40N2. The van der Waals surface area contributed by atoms with E-state index in [1.54, 1.807) is 0 Å². The summed E-state index contributed by atoms with van der Waals surface area (Å²) in [5.41, 5.74) is 16.7. The maximum Gasteiger partial charge on any atom is 0.160 e. The minimum atomic E-state index is -0.501. The zero-order valence-electron chi connectivity index (χ0n) is 34.5. The zero-order chi connectivity index (χ0) is 41.7. The predicted octanol–water partition coefficient (Wildman–Crippen LogP) is 15.5. The number of benzene rings is 10. The molecule has 0 fully saturated rings. The Morgan fingerprint density at radius 2 is 0.794 bits per heavy atom. The third kappa shape index (κ3) is 5.95. The molecule has 11 aromatic rings. The summed E-state index contributed by atoms with van der Waals surface area (Å²) in [4.78, 5) is 10.6. The van der Waals surface area contributed by atoms with Crippen LogP contribution >= 0.6 is 0 Å². The molecule has 12 rings (SSSR count). The van der Waals surface area contributed by atoms with Gasteiger partial charge in [0.25, 0.3) is 0 Å². The van der Waals surface area contributed by atoms with Crippen molar-refractivity contribution in [1.82, 2.24) is 9.97 Å². The Morgan fingerprint density at radius 3 is 1.48 bits per heavy atom. The van der Waals surface area contributed by atoms with Gasteiger partial charge in [-0.15, -0.1) is 0 Å². The summed E-state index contributed by atoms with van der Waals surface area (Å²) in [6, 6.07) is 87.7. The number of hydrogen-bond acceptors (Lipinski definition) is 2. The Labute approximate surface area is 367 Å². The molecule has 2 nitrogen and oxygen atoms in total. The van der Waals surface area contributed by atoms with E-state index in [-0.39, 0.29) is 0 Å². The summed E-state index contributed by atoms with van der Waals surface area (Å²) in [6.07, 6.45) is 0. The molecule has 0 saturated carbocycles. The number of fused-ring (bicyclic) bond motifs is 6. The molecule has 0 bridgehead atoms. The molecule has 0 spiro atoms. The van der Waals surface area contributed by atoms with Gasteiger partial charge in [0.2, 0.25) is 0 Å². The molecule has 0 unspecified atom stereocenters. The van der Waals surface area contributed by atoms with Gasteiger partial charge >= 0.3 is 0 Å². The van der Waals surface area contributed by atoms with E-state index in [4.69, 9.17) is 9.97 Å². The molecular weight excluding hydrogens is 761 g/mol. The molecule has 0 saturated heterocycles. The van der Waals surface area contributed by atoms with Crippen molar-refractivity contribution < 1.29 is 0 Å². The molecule has 1 aliphatic rings. The highest BCUT2D eigenvalue weighted by Crippen LogP contribution is 2.58. The molecule has 294 valence electrons. The highest BCUT2D eigenvalue weighted by molar-refractivity contribution is 6.06. The molecule has 0 N–H and O–H groups in total. The lowest BCUT2D eigenvalue weighted by molar-refractivity contribution is 0.775. The Balaban J connectivity index is 1.06. The molecule has 63 heavy (non-hydrogen) atoms. The van der Waals surface area contributed by atoms with Gasteiger partial charge in [0.15, 0.2) is 5.82 Å². The van der Waals surface area contributed by atoms with E-state index in [2.05, 4.69) is 224 Å². The molecule has 1 aromatic heterocycles. The fourth-order valence-corrected chi connectivity index (χ4v) is 10.2. The van der Waals surface area contributed by atoms with Crippen LogP contribution in [0.5, 0.6) is 0 Å². The normalized spacial score (nSPS) is 12.6. The Hall–Kier alpha value is -8.20. The highest BCUT2D eigenvalue weighted by atomic mass is 14.9. The van der Waals surface area contributed by atoms with E-state index in [9.17, 15) is 0 Å². The minimum Gasteiger partial charge on any atom is -0.228 e. The maximum absolute atomic E-state index is 5.31. The second-order valence-corrected chi connectivity index (χ2v) is 16.4. The van der Waals surface area contributed by atoms with Crippen molar-refractivity contribution >= 4 is 21.5 Å². The van der Waals surface area contributed by atoms with Gasteiger partial charge in [-0.3, -0.25) is 0 Å². The van der Waals surface area contributed by atoms with Crippen LogP contribution in [0.3, 0.4) is 0 Å². The van der Waals surface area contributed by atoms with Crippen molar-refractivity contribution in [3.63, 3.8) is 0 Å². The average molecular weight is 801 g/mol. The van der Waals surface area contributed by atoms with E-state index in [0.29, 0.717) is 5.82 Å². The summed E-state index contributed by atoms with van der Waals surface area (Å²) < 4.78 is 0. The summed E-state index contributed by atoms with van der Waals surface area (Å²) in [5.74, 6) is 0.698. The van der Waals surface area contributed by atoms with Gasteiger partial charge < -0.3 is 0 Å². The van der Waals surface area contributed by atoms with Crippen molar-refractivity contribution in [1.29, 1.82) is 0 Å². The van der Waals surface area contributed by atoms with Gasteiger partial charge in [0, 0.05) is 16.7 Å². The molecule has 1 aliphatic carbocycles. The van der Waals surface area contributed by atoms with Crippen LogP contribution in [-0.4, -0.2) is 9.97 Å². The number of nitrogens with zero attached hydrogens (tertiary/aromatic N) is 2. The largest absolute Gasteiger partial charge is 0.228 e. The molecule has 0 radical (unpaired) electrons. The maximum atomic E-state index is 5.31. The topological polar surface area (TPSA) is 25.8 Å². The third-order valence-electron chi connectivity index (χ3n) is 13.0. The first-order valence-electron chi connectivity index (χ1n) is 21.7. The molecule has 0 aliphatic heterocycles. The second-order valence-electron chi connectivity index (χ2n) is 16.4. The van der Waals surface area contributed by atoms with Gasteiger partial charge in [-0.2, -0.15) is 0 Å². The van der Waals surface area contributed by atoms with Crippen molar-refractivity contribution in [2.45, 2.75) is 5.41 Å². The number of hydrogen-bond donors (Lipinski definition) is 0. The SMILES string of the molecule is c1ccc(-c2nc(-c3ccccc3-c3ccccc3)cc(-c3ccc(-c4ccc5c(c4)-c4ccc6ccccc6c4C5(c4ccccc4)c4ccccc4)c4ccccc34)n2)cc1. The van der Waals surface area contributed by atoms with Gasteiger partial charge in [-0.05, 0) is 89.3 Å². The smallest absolute Gasteiger partial charge is 0.160 e. The van der Waals surface area contributed by atoms with Crippen LogP contribution in [0.25, 0.3) is 88.8 Å². The van der Waals surface area contributed by atoms with E-state index in [0.717, 1.165) is 44.6 Å². The van der Waals surface area contributed by atoms with Crippen LogP contribution in [0.15, 0.2) is 243 Å². The fraction of sp³-hybridized carbons (Fsp3) is 0.0164. The standard InChI is InChI=1S/C61H40N2/c1-5-19-41(20-6-1)47-28-15-18-32-52(47)57-40-58(63-60(62-57)43-22-7-2-8-23-43)53-37-36-48(50-30-16-17-31-51(50)53)44-34-38-56-55(39-44)54-35-33-42-21-13-14-29-49(42)59(54)61(56,45-24-9-3-10-25-45)46-26-11-4-12-27-46/h1-40H. The first kappa shape index (κ1) is 36.6. The van der Waals surface area contributed by atoms with Crippen LogP contribution in [0.1, 0.15) is 22.3 Å². The predicted molar refractivity (Wildman–Crippen MR) is 262 cm³/mol. The van der Waals surface area contributed by atoms with Crippen molar-refractivity contribution in [2.75, 3.05) is 0 Å². The summed E-state index contributed by atoms with van der Waals surface area (Å²) in [7, 11) is 0. The van der Waals surface area contributed by atoms with Crippen LogP contribution in [0, 0.1) is 0 Å². The van der Waals surface area contributed by atoms with Crippen LogP contribution in [0.4, 0.5) is 0 Å². The van der Waals surface area contributed by atoms with Crippen LogP contribution in [-0.2, 0) is 5.41 Å². The van der Waals surface area contributed by atoms with Gasteiger partial charge in [-0.25, -0.2) is 9.97 Å². The minimum absolute atomic E-state index is 0.501. The monoisotopic (exact) mass is 800 g/mol. The van der Waals surface area contributed by atoms with Crippen molar-refractivity contribution in [3.8, 4) is 67.3 Å². The van der Waals surface area contributed by atoms with Gasteiger partial charge in [0.05, 0.1) is 16.8 Å². The highest BCUT2D eigenvalue weighted by Gasteiger charge is 2.47. The van der Waals surface area contributed by atoms with E-state index < -0.39 is 5.41 Å². The van der Waals surface area contributed by atoms with E-state index in [1.807, 2.05) is 18.2 Å². The lowest BCUT2D eigenvalue weighted by Crippen LogP contribution is -2.28. The molecule has 2 heteroatoms. The summed E-state index contributed by atoms with van der Waals surface area (Å²) in [5, 5.41) is 4.84. The molecule has 0 amide bonds. The fourth-order valence-electron chi connectivity index (χ4n) is 10.2. The van der Waals surface area contributed by atoms with Crippen molar-refractivity contribution in [3.05, 3.63) is 265 Å². The quantitative estimate of drug-likeness (QED) is 0.160. The summed E-state index contributed by atoms with van der Waals surface area (Å²) >= 11 is 0. The number of rotatable bonds is 7. The Morgan fingerprint density at radius 1 is 0.286 bits per heavy atom. The lowest BCUT2D eigenvalue weighted by Gasteiger charge is -2.34. The molecule has 10 aromatic carbocycles. The molecule has 0 atom stereocenters. The number of aromatic nitrogens is 2. The lowest BCUT2D eigenvalue weighted by atomic mass is 9.66.